The van der Waals surface area contributed by atoms with Crippen molar-refractivity contribution in [1.29, 1.82) is 0 Å². The van der Waals surface area contributed by atoms with Crippen LogP contribution in [0.25, 0.3) is 0 Å². The summed E-state index contributed by atoms with van der Waals surface area (Å²) < 4.78 is 6.01. The molecule has 0 fully saturated rings. The predicted molar refractivity (Wildman–Crippen MR) is 120 cm³/mol. The number of carbonyl (C=O) groups is 1. The van der Waals surface area contributed by atoms with Crippen LogP contribution in [0.5, 0.6) is 34.5 Å². The monoisotopic (exact) mass is 440 g/mol. The third-order valence-corrected chi connectivity index (χ3v) is 5.38. The van der Waals surface area contributed by atoms with Gasteiger partial charge in [0.1, 0.15) is 46.2 Å². The second-order valence-corrected chi connectivity index (χ2v) is 8.46. The highest BCUT2D eigenvalue weighted by atomic mass is 16.5. The summed E-state index contributed by atoms with van der Waals surface area (Å²) in [4.78, 5) is 13.1. The van der Waals surface area contributed by atoms with Crippen LogP contribution in [0.1, 0.15) is 67.3 Å². The quantitative estimate of drug-likeness (QED) is 0.417. The molecule has 2 aromatic rings. The van der Waals surface area contributed by atoms with Crippen molar-refractivity contribution in [3.63, 3.8) is 0 Å². The van der Waals surface area contributed by atoms with E-state index in [0.29, 0.717) is 5.56 Å². The first-order valence-corrected chi connectivity index (χ1v) is 10.3. The van der Waals surface area contributed by atoms with Crippen molar-refractivity contribution < 1.29 is 35.1 Å². The molecule has 5 N–H and O–H groups in total. The molecule has 7 heteroatoms. The van der Waals surface area contributed by atoms with E-state index >= 15 is 0 Å². The maximum absolute atomic E-state index is 13.1. The summed E-state index contributed by atoms with van der Waals surface area (Å²) in [6.45, 7) is 7.59. The van der Waals surface area contributed by atoms with Crippen molar-refractivity contribution in [2.75, 3.05) is 0 Å². The molecule has 0 spiro atoms. The van der Waals surface area contributed by atoms with Crippen molar-refractivity contribution >= 4 is 5.78 Å². The Balaban J connectivity index is 2.21. The number of ether oxygens (including phenoxy) is 1. The number of phenolic OH excluding ortho intramolecular Hbond substituents is 5. The number of hydrogen-bond acceptors (Lipinski definition) is 7. The molecule has 0 bridgehead atoms. The molecule has 1 aliphatic rings. The lowest BCUT2D eigenvalue weighted by Crippen LogP contribution is -2.22. The van der Waals surface area contributed by atoms with Crippen LogP contribution in [0, 0.1) is 0 Å². The van der Waals surface area contributed by atoms with Crippen LogP contribution in [0.4, 0.5) is 0 Å². The zero-order chi connectivity index (χ0) is 23.7. The number of phenols is 5. The van der Waals surface area contributed by atoms with Gasteiger partial charge in [-0.3, -0.25) is 4.79 Å². The summed E-state index contributed by atoms with van der Waals surface area (Å²) in [7, 11) is 0. The predicted octanol–water partition coefficient (Wildman–Crippen LogP) is 4.94. The van der Waals surface area contributed by atoms with E-state index in [0.717, 1.165) is 23.3 Å². The fourth-order valence-electron chi connectivity index (χ4n) is 3.75. The number of aromatic hydroxyl groups is 5. The summed E-state index contributed by atoms with van der Waals surface area (Å²) in [6, 6.07) is 2.08. The number of ketones is 1. The molecule has 170 valence electrons. The molecule has 0 saturated heterocycles. The zero-order valence-electron chi connectivity index (χ0n) is 18.6. The van der Waals surface area contributed by atoms with Crippen LogP contribution in [-0.4, -0.2) is 31.3 Å². The minimum atomic E-state index is -1.07. The summed E-state index contributed by atoms with van der Waals surface area (Å²) >= 11 is 0. The van der Waals surface area contributed by atoms with Gasteiger partial charge in [0.15, 0.2) is 5.78 Å². The van der Waals surface area contributed by atoms with Crippen molar-refractivity contribution in [2.45, 2.75) is 53.1 Å². The Morgan fingerprint density at radius 2 is 1.44 bits per heavy atom. The van der Waals surface area contributed by atoms with Crippen LogP contribution in [0.15, 0.2) is 35.4 Å². The molecule has 1 atom stereocenters. The standard InChI is InChI=1S/C25H28O7/c1-12(2)5-7-15-23(30)16(8-6-13(3)4)25-22(24(15)31)19(29)11-20(32-25)21-17(27)9-14(26)10-18(21)28/h5-6,9-10,20,26-28,30-31H,7-8,11H2,1-4H3. The lowest BCUT2D eigenvalue weighted by Gasteiger charge is -2.30. The highest BCUT2D eigenvalue weighted by Gasteiger charge is 2.37. The first-order chi connectivity index (χ1) is 15.0. The number of allylic oxidation sites excluding steroid dienone is 4. The van der Waals surface area contributed by atoms with Gasteiger partial charge in [0.2, 0.25) is 0 Å². The van der Waals surface area contributed by atoms with Crippen LogP contribution in [0.3, 0.4) is 0 Å². The number of benzene rings is 2. The highest BCUT2D eigenvalue weighted by Crippen LogP contribution is 2.50. The molecule has 0 saturated carbocycles. The Labute approximate surface area is 186 Å². The number of rotatable bonds is 5. The molecule has 0 aliphatic carbocycles. The number of fused-ring (bicyclic) bond motifs is 1. The minimum Gasteiger partial charge on any atom is -0.508 e. The Bertz CT molecular complexity index is 1110. The third-order valence-electron chi connectivity index (χ3n) is 5.38. The Hall–Kier alpha value is -3.61. The van der Waals surface area contributed by atoms with Gasteiger partial charge < -0.3 is 30.3 Å². The van der Waals surface area contributed by atoms with Crippen LogP contribution in [0.2, 0.25) is 0 Å². The van der Waals surface area contributed by atoms with Crippen LogP contribution < -0.4 is 4.74 Å². The number of Topliss-reactive ketones (excluding diaryl/α,β-unsaturated/α-hetero) is 1. The highest BCUT2D eigenvalue weighted by molar-refractivity contribution is 6.04. The Kier molecular flexibility index (Phi) is 6.39. The fraction of sp³-hybridized carbons (Fsp3) is 0.320. The van der Waals surface area contributed by atoms with Crippen molar-refractivity contribution in [3.05, 3.63) is 57.7 Å². The van der Waals surface area contributed by atoms with E-state index < -0.39 is 23.4 Å². The fourth-order valence-corrected chi connectivity index (χ4v) is 3.75. The average Bonchev–Trinajstić information content (AvgIpc) is 2.66. The first-order valence-electron chi connectivity index (χ1n) is 10.3. The van der Waals surface area contributed by atoms with Crippen molar-refractivity contribution in [1.82, 2.24) is 0 Å². The van der Waals surface area contributed by atoms with Crippen LogP contribution in [-0.2, 0) is 12.8 Å². The largest absolute Gasteiger partial charge is 0.508 e. The zero-order valence-corrected chi connectivity index (χ0v) is 18.6. The molecule has 1 heterocycles. The van der Waals surface area contributed by atoms with Crippen molar-refractivity contribution in [3.8, 4) is 34.5 Å². The van der Waals surface area contributed by atoms with E-state index in [1.54, 1.807) is 0 Å². The van der Waals surface area contributed by atoms with E-state index in [-0.39, 0.29) is 59.0 Å². The molecule has 0 amide bonds. The normalized spacial score (nSPS) is 15.0. The van der Waals surface area contributed by atoms with Gasteiger partial charge in [-0.15, -0.1) is 0 Å². The second kappa shape index (κ2) is 8.86. The summed E-state index contributed by atoms with van der Waals surface area (Å²) in [5.74, 6) is -2.12. The Morgan fingerprint density at radius 3 is 1.97 bits per heavy atom. The van der Waals surface area contributed by atoms with E-state index in [1.165, 1.54) is 0 Å². The molecule has 32 heavy (non-hydrogen) atoms. The molecular weight excluding hydrogens is 412 g/mol. The molecular formula is C25H28O7. The van der Waals surface area contributed by atoms with Gasteiger partial charge in [0, 0.05) is 23.3 Å². The van der Waals surface area contributed by atoms with E-state index in [1.807, 2.05) is 39.8 Å². The SMILES string of the molecule is CC(C)=CCc1c(O)c(CC=C(C)C)c2c(c1O)C(=O)CC(c1c(O)cc(O)cc1O)O2. The summed E-state index contributed by atoms with van der Waals surface area (Å²) in [5, 5.41) is 52.0. The molecule has 0 aromatic heterocycles. The smallest absolute Gasteiger partial charge is 0.174 e. The molecule has 3 rings (SSSR count). The molecule has 7 nitrogen and oxygen atoms in total. The van der Waals surface area contributed by atoms with E-state index in [4.69, 9.17) is 4.74 Å². The van der Waals surface area contributed by atoms with Crippen molar-refractivity contribution in [2.24, 2.45) is 0 Å². The first kappa shape index (κ1) is 23.1. The summed E-state index contributed by atoms with van der Waals surface area (Å²) in [5.41, 5.74) is 2.49. The molecule has 1 aliphatic heterocycles. The molecule has 1 unspecified atom stereocenters. The third kappa shape index (κ3) is 4.37. The maximum atomic E-state index is 13.1. The molecule has 2 aromatic carbocycles. The van der Waals surface area contributed by atoms with Gasteiger partial charge in [-0.25, -0.2) is 0 Å². The van der Waals surface area contributed by atoms with E-state index in [9.17, 15) is 30.3 Å². The second-order valence-electron chi connectivity index (χ2n) is 8.46. The van der Waals surface area contributed by atoms with Gasteiger partial charge in [-0.2, -0.15) is 0 Å². The van der Waals surface area contributed by atoms with Gasteiger partial charge in [-0.1, -0.05) is 23.3 Å². The average molecular weight is 440 g/mol. The molecule has 0 radical (unpaired) electrons. The van der Waals surface area contributed by atoms with Gasteiger partial charge in [0.25, 0.3) is 0 Å². The van der Waals surface area contributed by atoms with Gasteiger partial charge in [-0.05, 0) is 40.5 Å². The lowest BCUT2D eigenvalue weighted by molar-refractivity contribution is 0.0836. The van der Waals surface area contributed by atoms with E-state index in [2.05, 4.69) is 0 Å². The van der Waals surface area contributed by atoms with Gasteiger partial charge >= 0.3 is 0 Å². The van der Waals surface area contributed by atoms with Crippen LogP contribution >= 0.6 is 0 Å². The van der Waals surface area contributed by atoms with Gasteiger partial charge in [0.05, 0.1) is 12.0 Å². The number of carbonyl (C=O) groups excluding carboxylic acids is 1. The topological polar surface area (TPSA) is 127 Å². The lowest BCUT2D eigenvalue weighted by atomic mass is 9.88. The Morgan fingerprint density at radius 1 is 0.906 bits per heavy atom. The number of hydrogen-bond donors (Lipinski definition) is 5. The maximum Gasteiger partial charge on any atom is 0.174 e. The minimum absolute atomic E-state index is 0.0200. The summed E-state index contributed by atoms with van der Waals surface area (Å²) in [6.07, 6.45) is 2.89.